The molecule has 0 aliphatic heterocycles. The van der Waals surface area contributed by atoms with Crippen molar-refractivity contribution in [2.45, 2.75) is 58.2 Å². The Hall–Kier alpha value is -0.860. The summed E-state index contributed by atoms with van der Waals surface area (Å²) >= 11 is 0. The summed E-state index contributed by atoms with van der Waals surface area (Å²) in [5.74, 6) is 0.680. The molecule has 2 nitrogen and oxygen atoms in total. The van der Waals surface area contributed by atoms with Crippen LogP contribution < -0.4 is 5.73 Å². The molecule has 2 unspecified atom stereocenters. The predicted molar refractivity (Wildman–Crippen MR) is 81.9 cm³/mol. The molecular formula is C17H28N2. The van der Waals surface area contributed by atoms with Crippen LogP contribution in [0.5, 0.6) is 0 Å². The summed E-state index contributed by atoms with van der Waals surface area (Å²) in [6, 6.07) is 12.1. The summed E-state index contributed by atoms with van der Waals surface area (Å²) in [5, 5.41) is 0. The largest absolute Gasteiger partial charge is 0.330 e. The maximum atomic E-state index is 6.00. The van der Waals surface area contributed by atoms with E-state index in [1.54, 1.807) is 0 Å². The number of benzene rings is 1. The van der Waals surface area contributed by atoms with E-state index in [1.807, 2.05) is 0 Å². The maximum absolute atomic E-state index is 6.00. The molecule has 0 spiro atoms. The van der Waals surface area contributed by atoms with Gasteiger partial charge < -0.3 is 5.73 Å². The number of hydrogen-bond donors (Lipinski definition) is 1. The van der Waals surface area contributed by atoms with Crippen LogP contribution in [0.3, 0.4) is 0 Å². The van der Waals surface area contributed by atoms with Crippen LogP contribution in [-0.2, 0) is 6.54 Å². The number of rotatable bonds is 5. The van der Waals surface area contributed by atoms with Gasteiger partial charge in [0.25, 0.3) is 0 Å². The van der Waals surface area contributed by atoms with Gasteiger partial charge in [-0.05, 0) is 44.7 Å². The molecule has 2 rings (SSSR count). The van der Waals surface area contributed by atoms with Gasteiger partial charge in [-0.25, -0.2) is 0 Å². The molecule has 1 fully saturated rings. The van der Waals surface area contributed by atoms with Gasteiger partial charge in [0.1, 0.15) is 0 Å². The number of nitrogens with zero attached hydrogens (tertiary/aromatic N) is 1. The molecule has 1 aliphatic carbocycles. The van der Waals surface area contributed by atoms with Crippen LogP contribution >= 0.6 is 0 Å². The Kier molecular flexibility index (Phi) is 5.41. The summed E-state index contributed by atoms with van der Waals surface area (Å²) in [6.07, 6.45) is 5.33. The second-order valence-electron chi connectivity index (χ2n) is 6.10. The topological polar surface area (TPSA) is 29.3 Å². The Labute approximate surface area is 118 Å². The second kappa shape index (κ2) is 7.06. The summed E-state index contributed by atoms with van der Waals surface area (Å²) in [6.45, 7) is 6.51. The highest BCUT2D eigenvalue weighted by Gasteiger charge is 2.30. The lowest BCUT2D eigenvalue weighted by Gasteiger charge is -2.42. The standard InChI is InChI=1S/C17H28N2/c1-14(2)19(13-15-8-4-3-5-9-15)17-11-7-6-10-16(17)12-18/h3-5,8-9,14,16-17H,6-7,10-13,18H2,1-2H3. The molecule has 106 valence electrons. The van der Waals surface area contributed by atoms with E-state index < -0.39 is 0 Å². The minimum atomic E-state index is 0.581. The average molecular weight is 260 g/mol. The second-order valence-corrected chi connectivity index (χ2v) is 6.10. The van der Waals surface area contributed by atoms with E-state index in [0.29, 0.717) is 18.0 Å². The minimum absolute atomic E-state index is 0.581. The van der Waals surface area contributed by atoms with Crippen molar-refractivity contribution < 1.29 is 0 Å². The number of nitrogens with two attached hydrogens (primary N) is 1. The van der Waals surface area contributed by atoms with Crippen molar-refractivity contribution in [1.82, 2.24) is 4.90 Å². The van der Waals surface area contributed by atoms with Crippen LogP contribution in [0.25, 0.3) is 0 Å². The van der Waals surface area contributed by atoms with Gasteiger partial charge in [0.15, 0.2) is 0 Å². The van der Waals surface area contributed by atoms with E-state index >= 15 is 0 Å². The van der Waals surface area contributed by atoms with Gasteiger partial charge in [-0.15, -0.1) is 0 Å². The van der Waals surface area contributed by atoms with E-state index in [1.165, 1.54) is 31.2 Å². The van der Waals surface area contributed by atoms with E-state index in [2.05, 4.69) is 49.1 Å². The molecule has 0 saturated heterocycles. The fourth-order valence-corrected chi connectivity index (χ4v) is 3.38. The summed E-state index contributed by atoms with van der Waals surface area (Å²) in [5.41, 5.74) is 7.41. The van der Waals surface area contributed by atoms with Crippen LogP contribution in [0.15, 0.2) is 30.3 Å². The lowest BCUT2D eigenvalue weighted by molar-refractivity contribution is 0.0712. The molecule has 1 aromatic rings. The van der Waals surface area contributed by atoms with Crippen molar-refractivity contribution in [3.63, 3.8) is 0 Å². The minimum Gasteiger partial charge on any atom is -0.330 e. The molecule has 2 heteroatoms. The van der Waals surface area contributed by atoms with Gasteiger partial charge >= 0.3 is 0 Å². The highest BCUT2D eigenvalue weighted by molar-refractivity contribution is 5.14. The summed E-state index contributed by atoms with van der Waals surface area (Å²) in [7, 11) is 0. The van der Waals surface area contributed by atoms with Gasteiger partial charge in [0.2, 0.25) is 0 Å². The first-order valence-electron chi connectivity index (χ1n) is 7.72. The molecule has 1 saturated carbocycles. The summed E-state index contributed by atoms with van der Waals surface area (Å²) in [4.78, 5) is 2.66. The van der Waals surface area contributed by atoms with Crippen molar-refractivity contribution in [1.29, 1.82) is 0 Å². The fourth-order valence-electron chi connectivity index (χ4n) is 3.38. The fraction of sp³-hybridized carbons (Fsp3) is 0.647. The molecule has 0 aromatic heterocycles. The van der Waals surface area contributed by atoms with Gasteiger partial charge in [0, 0.05) is 18.6 Å². The third-order valence-electron chi connectivity index (χ3n) is 4.47. The quantitative estimate of drug-likeness (QED) is 0.879. The highest BCUT2D eigenvalue weighted by Crippen LogP contribution is 2.30. The van der Waals surface area contributed by atoms with Gasteiger partial charge in [-0.2, -0.15) is 0 Å². The molecule has 2 N–H and O–H groups in total. The highest BCUT2D eigenvalue weighted by atomic mass is 15.2. The average Bonchev–Trinajstić information content (AvgIpc) is 2.45. The lowest BCUT2D eigenvalue weighted by Crippen LogP contribution is -2.47. The Morgan fingerprint density at radius 3 is 2.47 bits per heavy atom. The van der Waals surface area contributed by atoms with Crippen molar-refractivity contribution in [2.24, 2.45) is 11.7 Å². The molecule has 0 amide bonds. The Balaban J connectivity index is 2.10. The zero-order chi connectivity index (χ0) is 13.7. The van der Waals surface area contributed by atoms with Crippen LogP contribution in [0, 0.1) is 5.92 Å². The molecule has 1 aromatic carbocycles. The molecule has 0 bridgehead atoms. The third kappa shape index (κ3) is 3.80. The predicted octanol–water partition coefficient (Wildman–Crippen LogP) is 3.41. The van der Waals surface area contributed by atoms with Crippen LogP contribution in [-0.4, -0.2) is 23.5 Å². The molecule has 0 heterocycles. The Morgan fingerprint density at radius 2 is 1.84 bits per heavy atom. The SMILES string of the molecule is CC(C)N(Cc1ccccc1)C1CCCCC1CN. The first-order valence-corrected chi connectivity index (χ1v) is 7.72. The first-order chi connectivity index (χ1) is 9.22. The van der Waals surface area contributed by atoms with Crippen molar-refractivity contribution >= 4 is 0 Å². The molecule has 1 aliphatic rings. The molecule has 0 radical (unpaired) electrons. The Morgan fingerprint density at radius 1 is 1.16 bits per heavy atom. The zero-order valence-corrected chi connectivity index (χ0v) is 12.4. The van der Waals surface area contributed by atoms with Gasteiger partial charge in [-0.1, -0.05) is 43.2 Å². The maximum Gasteiger partial charge on any atom is 0.0239 e. The van der Waals surface area contributed by atoms with Crippen molar-refractivity contribution in [2.75, 3.05) is 6.54 Å². The van der Waals surface area contributed by atoms with Gasteiger partial charge in [-0.3, -0.25) is 4.90 Å². The first kappa shape index (κ1) is 14.5. The lowest BCUT2D eigenvalue weighted by atomic mass is 9.83. The van der Waals surface area contributed by atoms with E-state index in [0.717, 1.165) is 13.1 Å². The molecule has 19 heavy (non-hydrogen) atoms. The third-order valence-corrected chi connectivity index (χ3v) is 4.47. The molecular weight excluding hydrogens is 232 g/mol. The van der Waals surface area contributed by atoms with E-state index in [4.69, 9.17) is 5.73 Å². The number of hydrogen-bond acceptors (Lipinski definition) is 2. The van der Waals surface area contributed by atoms with Crippen LogP contribution in [0.2, 0.25) is 0 Å². The molecule has 2 atom stereocenters. The van der Waals surface area contributed by atoms with E-state index in [9.17, 15) is 0 Å². The monoisotopic (exact) mass is 260 g/mol. The summed E-state index contributed by atoms with van der Waals surface area (Å²) < 4.78 is 0. The van der Waals surface area contributed by atoms with Gasteiger partial charge in [0.05, 0.1) is 0 Å². The normalized spacial score (nSPS) is 24.1. The van der Waals surface area contributed by atoms with Crippen molar-refractivity contribution in [3.8, 4) is 0 Å². The van der Waals surface area contributed by atoms with Crippen molar-refractivity contribution in [3.05, 3.63) is 35.9 Å². The van der Waals surface area contributed by atoms with Crippen LogP contribution in [0.1, 0.15) is 45.1 Å². The zero-order valence-electron chi connectivity index (χ0n) is 12.4. The Bertz CT molecular complexity index is 361. The van der Waals surface area contributed by atoms with E-state index in [-0.39, 0.29) is 0 Å². The smallest absolute Gasteiger partial charge is 0.0239 e. The van der Waals surface area contributed by atoms with Crippen LogP contribution in [0.4, 0.5) is 0 Å².